The molecule has 0 bridgehead atoms. The molecule has 0 unspecified atom stereocenters. The number of methoxy groups -OCH3 is 1. The number of benzene rings is 2. The van der Waals surface area contributed by atoms with E-state index in [0.29, 0.717) is 18.6 Å². The standard InChI is InChI=1S/C34H37N3O5S/c1-21(2)31(37-18-26-16-24(6-5-15-42-4)9-13-28(26)33(37)40)34(41)36-19-27(38)17-29(36)30(39)14-10-23-7-11-25(12-8-23)32-22(3)35-20-43-32/h7-9,11-13,16,20-21,27,29,31,38H,10,14-15,17-19H2,1-4H3/t27-,29+,31+/m1/s1. The molecule has 1 saturated heterocycles. The molecule has 43 heavy (non-hydrogen) atoms. The van der Waals surface area contributed by atoms with Gasteiger partial charge in [-0.2, -0.15) is 0 Å². The van der Waals surface area contributed by atoms with Gasteiger partial charge in [0.05, 0.1) is 28.2 Å². The first-order valence-corrected chi connectivity index (χ1v) is 15.5. The van der Waals surface area contributed by atoms with Gasteiger partial charge in [-0.3, -0.25) is 14.4 Å². The number of Topliss-reactive ketones (excluding diaryl/α,β-unsaturated/α-hetero) is 1. The van der Waals surface area contributed by atoms with Crippen molar-refractivity contribution in [2.45, 2.75) is 64.8 Å². The maximum Gasteiger partial charge on any atom is 0.255 e. The molecule has 224 valence electrons. The molecule has 0 aliphatic carbocycles. The van der Waals surface area contributed by atoms with Gasteiger partial charge in [-0.05, 0) is 54.2 Å². The minimum atomic E-state index is -0.785. The summed E-state index contributed by atoms with van der Waals surface area (Å²) in [7, 11) is 1.58. The summed E-state index contributed by atoms with van der Waals surface area (Å²) in [4.78, 5) is 49.5. The van der Waals surface area contributed by atoms with Crippen LogP contribution in [0, 0.1) is 24.7 Å². The van der Waals surface area contributed by atoms with Crippen molar-refractivity contribution in [3.8, 4) is 22.3 Å². The third-order valence-corrected chi connectivity index (χ3v) is 9.14. The lowest BCUT2D eigenvalue weighted by atomic mass is 9.98. The zero-order valence-corrected chi connectivity index (χ0v) is 25.8. The summed E-state index contributed by atoms with van der Waals surface area (Å²) in [5, 5.41) is 10.5. The predicted octanol–water partition coefficient (Wildman–Crippen LogP) is 4.26. The van der Waals surface area contributed by atoms with E-state index in [0.717, 1.165) is 32.8 Å². The Morgan fingerprint density at radius 3 is 2.63 bits per heavy atom. The van der Waals surface area contributed by atoms with Crippen molar-refractivity contribution in [2.75, 3.05) is 20.3 Å². The van der Waals surface area contributed by atoms with Gasteiger partial charge in [0, 0.05) is 44.2 Å². The van der Waals surface area contributed by atoms with Gasteiger partial charge in [0.1, 0.15) is 12.6 Å². The van der Waals surface area contributed by atoms with Crippen molar-refractivity contribution in [1.29, 1.82) is 0 Å². The Morgan fingerprint density at radius 2 is 1.95 bits per heavy atom. The van der Waals surface area contributed by atoms with Gasteiger partial charge < -0.3 is 19.6 Å². The topological polar surface area (TPSA) is 100 Å². The molecule has 3 heterocycles. The lowest BCUT2D eigenvalue weighted by Crippen LogP contribution is -2.54. The number of ketones is 1. The molecule has 3 atom stereocenters. The van der Waals surface area contributed by atoms with E-state index < -0.39 is 18.2 Å². The number of rotatable bonds is 9. The third kappa shape index (κ3) is 6.57. The second kappa shape index (κ2) is 13.2. The summed E-state index contributed by atoms with van der Waals surface area (Å²) in [6, 6.07) is 12.1. The fourth-order valence-electron chi connectivity index (χ4n) is 6.00. The fourth-order valence-corrected chi connectivity index (χ4v) is 6.81. The number of nitrogens with zero attached hydrogens (tertiary/aromatic N) is 3. The summed E-state index contributed by atoms with van der Waals surface area (Å²) < 4.78 is 4.99. The van der Waals surface area contributed by atoms with Gasteiger partial charge >= 0.3 is 0 Å². The highest BCUT2D eigenvalue weighted by Gasteiger charge is 2.45. The number of carbonyl (C=O) groups is 3. The second-order valence-electron chi connectivity index (χ2n) is 11.6. The maximum absolute atomic E-state index is 14.1. The summed E-state index contributed by atoms with van der Waals surface area (Å²) in [5.41, 5.74) is 7.11. The zero-order chi connectivity index (χ0) is 30.7. The van der Waals surface area contributed by atoms with Gasteiger partial charge in [0.2, 0.25) is 5.91 Å². The van der Waals surface area contributed by atoms with Gasteiger partial charge in [0.25, 0.3) is 5.91 Å². The van der Waals surface area contributed by atoms with Crippen LogP contribution >= 0.6 is 11.3 Å². The van der Waals surface area contributed by atoms with Crippen molar-refractivity contribution < 1.29 is 24.2 Å². The van der Waals surface area contributed by atoms with E-state index in [1.807, 2.05) is 56.6 Å². The molecule has 5 rings (SSSR count). The summed E-state index contributed by atoms with van der Waals surface area (Å²) in [6.45, 7) is 6.47. The number of fused-ring (bicyclic) bond motifs is 1. The average Bonchev–Trinajstić information content (AvgIpc) is 3.69. The van der Waals surface area contributed by atoms with Crippen LogP contribution < -0.4 is 0 Å². The molecule has 2 aliphatic heterocycles. The van der Waals surface area contributed by atoms with E-state index in [-0.39, 0.29) is 49.4 Å². The number of hydrogen-bond donors (Lipinski definition) is 1. The Morgan fingerprint density at radius 1 is 1.19 bits per heavy atom. The molecule has 2 aliphatic rings. The highest BCUT2D eigenvalue weighted by atomic mass is 32.1. The number of β-amino-alcohol motifs (C(OH)–C–C–N with tert-alkyl or cyclic N) is 1. The number of likely N-dealkylation sites (tertiary alicyclic amines) is 1. The number of aliphatic hydroxyl groups excluding tert-OH is 1. The summed E-state index contributed by atoms with van der Waals surface area (Å²) in [5.74, 6) is 5.18. The van der Waals surface area contributed by atoms with E-state index in [4.69, 9.17) is 4.74 Å². The molecule has 1 N–H and O–H groups in total. The van der Waals surface area contributed by atoms with Crippen LogP contribution in [0.3, 0.4) is 0 Å². The number of hydrogen-bond acceptors (Lipinski definition) is 7. The number of aliphatic hydroxyl groups is 1. The van der Waals surface area contributed by atoms with E-state index in [1.165, 1.54) is 4.90 Å². The van der Waals surface area contributed by atoms with Crippen LogP contribution in [0.4, 0.5) is 0 Å². The van der Waals surface area contributed by atoms with Crippen LogP contribution in [-0.4, -0.2) is 75.9 Å². The van der Waals surface area contributed by atoms with E-state index in [2.05, 4.69) is 16.8 Å². The Bertz CT molecular complexity index is 1570. The minimum Gasteiger partial charge on any atom is -0.391 e. The van der Waals surface area contributed by atoms with Crippen molar-refractivity contribution in [3.05, 3.63) is 75.9 Å². The number of ether oxygens (including phenoxy) is 1. The first-order valence-electron chi connectivity index (χ1n) is 14.6. The maximum atomic E-state index is 14.1. The van der Waals surface area contributed by atoms with Gasteiger partial charge in [-0.25, -0.2) is 4.98 Å². The first kappa shape index (κ1) is 30.6. The molecule has 1 aromatic heterocycles. The molecule has 2 amide bonds. The van der Waals surface area contributed by atoms with Crippen LogP contribution in [0.5, 0.6) is 0 Å². The third-order valence-electron chi connectivity index (χ3n) is 8.16. The quantitative estimate of drug-likeness (QED) is 0.369. The predicted molar refractivity (Wildman–Crippen MR) is 165 cm³/mol. The highest BCUT2D eigenvalue weighted by Crippen LogP contribution is 2.32. The van der Waals surface area contributed by atoms with Crippen LogP contribution in [0.25, 0.3) is 10.4 Å². The molecule has 2 aromatic carbocycles. The lowest BCUT2D eigenvalue weighted by molar-refractivity contribution is -0.142. The molecule has 0 saturated carbocycles. The second-order valence-corrected chi connectivity index (χ2v) is 12.4. The molecule has 9 heteroatoms. The molecule has 0 spiro atoms. The number of amides is 2. The SMILES string of the molecule is COCC#Cc1ccc2c(c1)CN([C@H](C(=O)N1C[C@H](O)C[C@H]1C(=O)CCc1ccc(-c3scnc3C)cc1)C(C)C)C2=O. The van der Waals surface area contributed by atoms with Gasteiger partial charge in [0.15, 0.2) is 5.78 Å². The van der Waals surface area contributed by atoms with Gasteiger partial charge in [-0.1, -0.05) is 50.0 Å². The zero-order valence-electron chi connectivity index (χ0n) is 25.0. The highest BCUT2D eigenvalue weighted by molar-refractivity contribution is 7.13. The Balaban J connectivity index is 1.27. The number of carbonyl (C=O) groups excluding carboxylic acids is 3. The molecular weight excluding hydrogens is 562 g/mol. The molecular formula is C34H37N3O5S. The number of aromatic nitrogens is 1. The van der Waals surface area contributed by atoms with Crippen molar-refractivity contribution in [3.63, 3.8) is 0 Å². The van der Waals surface area contributed by atoms with E-state index in [1.54, 1.807) is 35.5 Å². The van der Waals surface area contributed by atoms with Crippen LogP contribution in [0.2, 0.25) is 0 Å². The van der Waals surface area contributed by atoms with Gasteiger partial charge in [-0.15, -0.1) is 11.3 Å². The Hall–Kier alpha value is -3.84. The monoisotopic (exact) mass is 599 g/mol. The minimum absolute atomic E-state index is 0.0786. The van der Waals surface area contributed by atoms with Crippen LogP contribution in [-0.2, 0) is 27.3 Å². The van der Waals surface area contributed by atoms with Crippen LogP contribution in [0.1, 0.15) is 59.4 Å². The number of aryl methyl sites for hydroxylation is 2. The Kier molecular flexibility index (Phi) is 9.40. The van der Waals surface area contributed by atoms with Crippen molar-refractivity contribution in [2.24, 2.45) is 5.92 Å². The fraction of sp³-hybridized carbons (Fsp3) is 0.412. The van der Waals surface area contributed by atoms with Crippen molar-refractivity contribution >= 4 is 28.9 Å². The molecule has 3 aromatic rings. The van der Waals surface area contributed by atoms with Crippen LogP contribution in [0.15, 0.2) is 48.0 Å². The first-order chi connectivity index (χ1) is 20.7. The Labute approximate surface area is 256 Å². The summed E-state index contributed by atoms with van der Waals surface area (Å²) in [6.07, 6.45) is 0.218. The van der Waals surface area contributed by atoms with Crippen molar-refractivity contribution in [1.82, 2.24) is 14.8 Å². The number of thiazole rings is 1. The summed E-state index contributed by atoms with van der Waals surface area (Å²) >= 11 is 1.60. The molecule has 0 radical (unpaired) electrons. The van der Waals surface area contributed by atoms with E-state index in [9.17, 15) is 19.5 Å². The normalized spacial score (nSPS) is 18.5. The largest absolute Gasteiger partial charge is 0.391 e. The van der Waals surface area contributed by atoms with E-state index >= 15 is 0 Å². The average molecular weight is 600 g/mol. The lowest BCUT2D eigenvalue weighted by Gasteiger charge is -2.35. The molecule has 8 nitrogen and oxygen atoms in total. The smallest absolute Gasteiger partial charge is 0.255 e. The molecule has 1 fully saturated rings.